The molecule has 19 heavy (non-hydrogen) atoms. The van der Waals surface area contributed by atoms with Crippen molar-refractivity contribution in [1.82, 2.24) is 0 Å². The summed E-state index contributed by atoms with van der Waals surface area (Å²) >= 11 is 3.53. The summed E-state index contributed by atoms with van der Waals surface area (Å²) in [6.07, 6.45) is 1.46. The van der Waals surface area contributed by atoms with E-state index in [0.717, 1.165) is 27.8 Å². The van der Waals surface area contributed by atoms with Crippen molar-refractivity contribution in [3.8, 4) is 11.5 Å². The molecule has 4 heteroatoms. The molecule has 0 saturated carbocycles. The van der Waals surface area contributed by atoms with Crippen LogP contribution in [-0.4, -0.2) is 19.5 Å². The van der Waals surface area contributed by atoms with Gasteiger partial charge in [-0.2, -0.15) is 0 Å². The number of fused-ring (bicyclic) bond motifs is 1. The van der Waals surface area contributed by atoms with Gasteiger partial charge in [0.2, 0.25) is 0 Å². The van der Waals surface area contributed by atoms with Gasteiger partial charge in [-0.1, -0.05) is 20.8 Å². The van der Waals surface area contributed by atoms with Crippen LogP contribution >= 0.6 is 15.9 Å². The summed E-state index contributed by atoms with van der Waals surface area (Å²) in [5, 5.41) is 0. The standard InChI is InChI=1S/C15H19BrO3/c1-10(4-5-17)11-6-12(16)14-13(7-11)18-8-15(2,3)9-19-14/h5-7,10H,4,8-9H2,1-3H3. The Kier molecular flexibility index (Phi) is 4.19. The lowest BCUT2D eigenvalue weighted by Crippen LogP contribution is -2.26. The lowest BCUT2D eigenvalue weighted by atomic mass is 9.97. The van der Waals surface area contributed by atoms with Crippen molar-refractivity contribution in [3.05, 3.63) is 22.2 Å². The van der Waals surface area contributed by atoms with Gasteiger partial charge >= 0.3 is 0 Å². The zero-order valence-corrected chi connectivity index (χ0v) is 13.1. The Labute approximate surface area is 122 Å². The molecule has 3 nitrogen and oxygen atoms in total. The van der Waals surface area contributed by atoms with Gasteiger partial charge in [-0.05, 0) is 39.5 Å². The lowest BCUT2D eigenvalue weighted by molar-refractivity contribution is -0.108. The average molecular weight is 327 g/mol. The summed E-state index contributed by atoms with van der Waals surface area (Å²) < 4.78 is 12.6. The third-order valence-corrected chi connectivity index (χ3v) is 3.87. The van der Waals surface area contributed by atoms with E-state index in [1.807, 2.05) is 19.1 Å². The number of rotatable bonds is 3. The smallest absolute Gasteiger partial charge is 0.175 e. The molecule has 0 aromatic heterocycles. The van der Waals surface area contributed by atoms with Crippen LogP contribution in [0.15, 0.2) is 16.6 Å². The zero-order valence-electron chi connectivity index (χ0n) is 11.5. The number of hydrogen-bond donors (Lipinski definition) is 0. The van der Waals surface area contributed by atoms with E-state index in [9.17, 15) is 4.79 Å². The van der Waals surface area contributed by atoms with Crippen LogP contribution in [0.3, 0.4) is 0 Å². The molecule has 0 bridgehead atoms. The van der Waals surface area contributed by atoms with Gasteiger partial charge < -0.3 is 14.3 Å². The molecule has 1 aromatic carbocycles. The molecular formula is C15H19BrO3. The Morgan fingerprint density at radius 2 is 2.05 bits per heavy atom. The largest absolute Gasteiger partial charge is 0.489 e. The number of halogens is 1. The van der Waals surface area contributed by atoms with Gasteiger partial charge in [0.05, 0.1) is 17.7 Å². The Balaban J connectivity index is 2.34. The minimum absolute atomic E-state index is 0.00691. The Morgan fingerprint density at radius 1 is 1.37 bits per heavy atom. The van der Waals surface area contributed by atoms with E-state index in [0.29, 0.717) is 19.6 Å². The topological polar surface area (TPSA) is 35.5 Å². The second kappa shape index (κ2) is 5.53. The van der Waals surface area contributed by atoms with Gasteiger partial charge in [0.1, 0.15) is 6.29 Å². The summed E-state index contributed by atoms with van der Waals surface area (Å²) in [6.45, 7) is 7.51. The Morgan fingerprint density at radius 3 is 2.74 bits per heavy atom. The number of aldehydes is 1. The molecule has 0 radical (unpaired) electrons. The summed E-state index contributed by atoms with van der Waals surface area (Å²) in [7, 11) is 0. The van der Waals surface area contributed by atoms with Crippen LogP contribution in [-0.2, 0) is 4.79 Å². The maximum atomic E-state index is 10.6. The molecule has 0 aliphatic carbocycles. The molecule has 1 unspecified atom stereocenters. The van der Waals surface area contributed by atoms with Crippen LogP contribution in [0.5, 0.6) is 11.5 Å². The van der Waals surface area contributed by atoms with Gasteiger partial charge in [0, 0.05) is 11.8 Å². The van der Waals surface area contributed by atoms with Crippen molar-refractivity contribution in [2.24, 2.45) is 5.41 Å². The summed E-state index contributed by atoms with van der Waals surface area (Å²) in [5.41, 5.74) is 1.08. The fraction of sp³-hybridized carbons (Fsp3) is 0.533. The normalized spacial score (nSPS) is 18.5. The van der Waals surface area contributed by atoms with E-state index < -0.39 is 0 Å². The summed E-state index contributed by atoms with van der Waals surface area (Å²) in [4.78, 5) is 10.6. The molecule has 1 heterocycles. The predicted molar refractivity (Wildman–Crippen MR) is 78.0 cm³/mol. The fourth-order valence-corrected chi connectivity index (χ4v) is 2.56. The van der Waals surface area contributed by atoms with Crippen LogP contribution in [0, 0.1) is 5.41 Å². The van der Waals surface area contributed by atoms with E-state index in [2.05, 4.69) is 29.8 Å². The quantitative estimate of drug-likeness (QED) is 0.789. The van der Waals surface area contributed by atoms with Gasteiger partial charge in [-0.25, -0.2) is 0 Å². The average Bonchev–Trinajstić information content (AvgIpc) is 2.49. The number of hydrogen-bond acceptors (Lipinski definition) is 3. The van der Waals surface area contributed by atoms with Crippen LogP contribution in [0.1, 0.15) is 38.7 Å². The van der Waals surface area contributed by atoms with E-state index in [-0.39, 0.29) is 11.3 Å². The zero-order chi connectivity index (χ0) is 14.0. The Bertz CT molecular complexity index is 483. The van der Waals surface area contributed by atoms with Crippen molar-refractivity contribution >= 4 is 22.2 Å². The first kappa shape index (κ1) is 14.4. The van der Waals surface area contributed by atoms with Gasteiger partial charge in [-0.3, -0.25) is 0 Å². The molecule has 0 spiro atoms. The highest BCUT2D eigenvalue weighted by Gasteiger charge is 2.27. The minimum Gasteiger partial charge on any atom is -0.489 e. The molecule has 1 aliphatic heterocycles. The molecule has 0 N–H and O–H groups in total. The Hall–Kier alpha value is -1.03. The molecule has 1 atom stereocenters. The molecule has 104 valence electrons. The first-order valence-corrected chi connectivity index (χ1v) is 7.25. The van der Waals surface area contributed by atoms with Crippen molar-refractivity contribution in [3.63, 3.8) is 0 Å². The molecule has 1 aromatic rings. The van der Waals surface area contributed by atoms with Crippen molar-refractivity contribution in [2.45, 2.75) is 33.1 Å². The maximum Gasteiger partial charge on any atom is 0.175 e. The fourth-order valence-electron chi connectivity index (χ4n) is 1.98. The van der Waals surface area contributed by atoms with E-state index in [1.165, 1.54) is 0 Å². The second-order valence-corrected chi connectivity index (χ2v) is 6.73. The maximum absolute atomic E-state index is 10.6. The van der Waals surface area contributed by atoms with Crippen LogP contribution in [0.25, 0.3) is 0 Å². The lowest BCUT2D eigenvalue weighted by Gasteiger charge is -2.19. The first-order chi connectivity index (χ1) is 8.93. The highest BCUT2D eigenvalue weighted by molar-refractivity contribution is 9.10. The van der Waals surface area contributed by atoms with E-state index in [1.54, 1.807) is 0 Å². The van der Waals surface area contributed by atoms with E-state index in [4.69, 9.17) is 9.47 Å². The number of benzene rings is 1. The molecular weight excluding hydrogens is 308 g/mol. The third kappa shape index (κ3) is 3.30. The second-order valence-electron chi connectivity index (χ2n) is 5.87. The molecule has 1 aliphatic rings. The summed E-state index contributed by atoms with van der Waals surface area (Å²) in [5.74, 6) is 1.69. The SMILES string of the molecule is CC(CC=O)c1cc(Br)c2c(c1)OCC(C)(C)CO2. The van der Waals surface area contributed by atoms with Gasteiger partial charge in [0.15, 0.2) is 11.5 Å². The number of ether oxygens (including phenoxy) is 2. The first-order valence-electron chi connectivity index (χ1n) is 6.45. The molecule has 2 rings (SSSR count). The van der Waals surface area contributed by atoms with E-state index >= 15 is 0 Å². The van der Waals surface area contributed by atoms with Crippen LogP contribution < -0.4 is 9.47 Å². The number of carbonyl (C=O) groups excluding carboxylic acids is 1. The van der Waals surface area contributed by atoms with Crippen molar-refractivity contribution in [1.29, 1.82) is 0 Å². The predicted octanol–water partition coefficient (Wildman–Crippen LogP) is 3.94. The minimum atomic E-state index is -0.00691. The van der Waals surface area contributed by atoms with Crippen molar-refractivity contribution < 1.29 is 14.3 Å². The highest BCUT2D eigenvalue weighted by Crippen LogP contribution is 2.42. The van der Waals surface area contributed by atoms with Gasteiger partial charge in [-0.15, -0.1) is 0 Å². The van der Waals surface area contributed by atoms with Crippen LogP contribution in [0.2, 0.25) is 0 Å². The molecule has 0 saturated heterocycles. The van der Waals surface area contributed by atoms with Crippen LogP contribution in [0.4, 0.5) is 0 Å². The highest BCUT2D eigenvalue weighted by atomic mass is 79.9. The third-order valence-electron chi connectivity index (χ3n) is 3.28. The number of carbonyl (C=O) groups is 1. The monoisotopic (exact) mass is 326 g/mol. The van der Waals surface area contributed by atoms with Gasteiger partial charge in [0.25, 0.3) is 0 Å². The van der Waals surface area contributed by atoms with Crippen molar-refractivity contribution in [2.75, 3.05) is 13.2 Å². The molecule has 0 amide bonds. The summed E-state index contributed by atoms with van der Waals surface area (Å²) in [6, 6.07) is 3.99. The molecule has 0 fully saturated rings.